The molecule has 1 N–H and O–H groups in total. The summed E-state index contributed by atoms with van der Waals surface area (Å²) in [5.41, 5.74) is 4.10. The van der Waals surface area contributed by atoms with Crippen LogP contribution in [0.2, 0.25) is 0 Å². The summed E-state index contributed by atoms with van der Waals surface area (Å²) in [6, 6.07) is 22.1. The minimum atomic E-state index is -0.203. The van der Waals surface area contributed by atoms with Gasteiger partial charge >= 0.3 is 0 Å². The summed E-state index contributed by atoms with van der Waals surface area (Å²) in [5, 5.41) is 3.97. The molecule has 4 rings (SSSR count). The van der Waals surface area contributed by atoms with Crippen molar-refractivity contribution in [1.29, 1.82) is 0 Å². The highest BCUT2D eigenvalue weighted by atomic mass is 16.1. The van der Waals surface area contributed by atoms with E-state index in [-0.39, 0.29) is 11.9 Å². The molecule has 1 amide bonds. The maximum atomic E-state index is 13.0. The molecule has 5 heteroatoms. The topological polar surface area (TPSA) is 58.1 Å². The Bertz CT molecular complexity index is 1150. The first kappa shape index (κ1) is 19.6. The summed E-state index contributed by atoms with van der Waals surface area (Å²) >= 11 is 0. The fourth-order valence-corrected chi connectivity index (χ4v) is 3.46. The maximum Gasteiger partial charge on any atom is 0.257 e. The number of hydrogen-bond acceptors (Lipinski definition) is 4. The van der Waals surface area contributed by atoms with Gasteiger partial charge in [0.25, 0.3) is 5.91 Å². The van der Waals surface area contributed by atoms with E-state index < -0.39 is 0 Å². The second-order valence-corrected chi connectivity index (χ2v) is 7.47. The van der Waals surface area contributed by atoms with Crippen molar-refractivity contribution >= 4 is 28.2 Å². The molecule has 0 aliphatic heterocycles. The van der Waals surface area contributed by atoms with Crippen molar-refractivity contribution in [3.8, 4) is 0 Å². The number of amides is 1. The molecular formula is C25H24N4O. The maximum absolute atomic E-state index is 13.0. The second kappa shape index (κ2) is 8.74. The summed E-state index contributed by atoms with van der Waals surface area (Å²) in [6.45, 7) is 5.02. The molecule has 2 aromatic heterocycles. The lowest BCUT2D eigenvalue weighted by Crippen LogP contribution is -2.30. The van der Waals surface area contributed by atoms with Crippen LogP contribution in [0.25, 0.3) is 10.9 Å². The zero-order valence-corrected chi connectivity index (χ0v) is 17.1. The molecule has 0 unspecified atom stereocenters. The normalized spacial score (nSPS) is 10.9. The van der Waals surface area contributed by atoms with Crippen molar-refractivity contribution in [2.75, 3.05) is 10.2 Å². The van der Waals surface area contributed by atoms with Crippen molar-refractivity contribution in [1.82, 2.24) is 9.97 Å². The first-order valence-corrected chi connectivity index (χ1v) is 10.0. The van der Waals surface area contributed by atoms with E-state index in [1.165, 1.54) is 5.56 Å². The average molecular weight is 396 g/mol. The molecule has 5 nitrogen and oxygen atoms in total. The van der Waals surface area contributed by atoms with Crippen LogP contribution in [0.4, 0.5) is 11.4 Å². The number of rotatable bonds is 6. The van der Waals surface area contributed by atoms with Crippen LogP contribution in [0.3, 0.4) is 0 Å². The van der Waals surface area contributed by atoms with Gasteiger partial charge in [0, 0.05) is 30.4 Å². The highest BCUT2D eigenvalue weighted by molar-refractivity contribution is 6.08. The van der Waals surface area contributed by atoms with E-state index in [4.69, 9.17) is 0 Å². The predicted octanol–water partition coefficient (Wildman–Crippen LogP) is 5.30. The van der Waals surface area contributed by atoms with Gasteiger partial charge < -0.3 is 10.2 Å². The molecule has 0 atom stereocenters. The van der Waals surface area contributed by atoms with Crippen LogP contribution in [0.5, 0.6) is 0 Å². The van der Waals surface area contributed by atoms with Crippen LogP contribution >= 0.6 is 0 Å². The zero-order chi connectivity index (χ0) is 20.9. The summed E-state index contributed by atoms with van der Waals surface area (Å²) in [6.07, 6.45) is 5.13. The predicted molar refractivity (Wildman–Crippen MR) is 122 cm³/mol. The second-order valence-electron chi connectivity index (χ2n) is 7.47. The molecule has 2 heterocycles. The van der Waals surface area contributed by atoms with Gasteiger partial charge in [-0.15, -0.1) is 0 Å². The first-order chi connectivity index (χ1) is 14.6. The van der Waals surface area contributed by atoms with Crippen molar-refractivity contribution in [2.45, 2.75) is 26.4 Å². The minimum Gasteiger partial charge on any atom is -0.364 e. The molecule has 30 heavy (non-hydrogen) atoms. The summed E-state index contributed by atoms with van der Waals surface area (Å²) in [5.74, 6) is -0.203. The van der Waals surface area contributed by atoms with E-state index in [2.05, 4.69) is 46.2 Å². The number of hydrogen-bond donors (Lipinski definition) is 1. The molecule has 0 saturated heterocycles. The molecule has 0 spiro atoms. The number of carbonyl (C=O) groups excluding carboxylic acids is 1. The van der Waals surface area contributed by atoms with Gasteiger partial charge in [-0.25, -0.2) is 0 Å². The van der Waals surface area contributed by atoms with Crippen LogP contribution in [-0.4, -0.2) is 21.9 Å². The summed E-state index contributed by atoms with van der Waals surface area (Å²) in [4.78, 5) is 23.9. The van der Waals surface area contributed by atoms with Gasteiger partial charge in [-0.2, -0.15) is 0 Å². The van der Waals surface area contributed by atoms with Crippen LogP contribution in [0.1, 0.15) is 29.8 Å². The smallest absolute Gasteiger partial charge is 0.257 e. The molecule has 2 aromatic carbocycles. The van der Waals surface area contributed by atoms with Crippen molar-refractivity contribution in [3.63, 3.8) is 0 Å². The standard InChI is InChI=1S/C25H24N4O/c1-18(2)29(17-19-8-4-3-5-9-19)22-14-21(15-26-16-22)25(30)28-23-12-6-10-20-11-7-13-27-24(20)23/h3-16,18H,17H2,1-2H3,(H,28,30). The van der Waals surface area contributed by atoms with Gasteiger partial charge in [0.15, 0.2) is 0 Å². The Balaban J connectivity index is 1.59. The van der Waals surface area contributed by atoms with E-state index in [1.807, 2.05) is 54.6 Å². The van der Waals surface area contributed by atoms with Crippen LogP contribution in [0, 0.1) is 0 Å². The quantitative estimate of drug-likeness (QED) is 0.481. The third kappa shape index (κ3) is 4.30. The zero-order valence-electron chi connectivity index (χ0n) is 17.1. The monoisotopic (exact) mass is 396 g/mol. The lowest BCUT2D eigenvalue weighted by Gasteiger charge is -2.29. The molecule has 0 fully saturated rings. The molecule has 0 aliphatic rings. The number of nitrogens with one attached hydrogen (secondary N) is 1. The SMILES string of the molecule is CC(C)N(Cc1ccccc1)c1cncc(C(=O)Nc2cccc3cccnc23)c1. The summed E-state index contributed by atoms with van der Waals surface area (Å²) < 4.78 is 0. The molecule has 0 saturated carbocycles. The number of nitrogens with zero attached hydrogens (tertiary/aromatic N) is 3. The average Bonchev–Trinajstić information content (AvgIpc) is 2.78. The van der Waals surface area contributed by atoms with E-state index in [0.29, 0.717) is 11.3 Å². The fraction of sp³-hybridized carbons (Fsp3) is 0.160. The molecule has 0 bridgehead atoms. The van der Waals surface area contributed by atoms with Crippen molar-refractivity contribution in [3.05, 3.63) is 96.4 Å². The number of carbonyl (C=O) groups is 1. The van der Waals surface area contributed by atoms with E-state index in [0.717, 1.165) is 23.1 Å². The number of para-hydroxylation sites is 1. The minimum absolute atomic E-state index is 0.203. The van der Waals surface area contributed by atoms with Gasteiger partial charge in [0.2, 0.25) is 0 Å². The van der Waals surface area contributed by atoms with Gasteiger partial charge in [-0.05, 0) is 37.6 Å². The van der Waals surface area contributed by atoms with Crippen LogP contribution in [-0.2, 0) is 6.54 Å². The Morgan fingerprint density at radius 1 is 1.00 bits per heavy atom. The molecular weight excluding hydrogens is 372 g/mol. The molecule has 0 aliphatic carbocycles. The Labute approximate surface area is 176 Å². The van der Waals surface area contributed by atoms with Gasteiger partial charge in [0.05, 0.1) is 28.7 Å². The number of fused-ring (bicyclic) bond motifs is 1. The molecule has 4 aromatic rings. The lowest BCUT2D eigenvalue weighted by atomic mass is 10.1. The molecule has 0 radical (unpaired) electrons. The van der Waals surface area contributed by atoms with E-state index in [1.54, 1.807) is 18.6 Å². The van der Waals surface area contributed by atoms with E-state index in [9.17, 15) is 4.79 Å². The largest absolute Gasteiger partial charge is 0.364 e. The highest BCUT2D eigenvalue weighted by Crippen LogP contribution is 2.23. The first-order valence-electron chi connectivity index (χ1n) is 10.0. The highest BCUT2D eigenvalue weighted by Gasteiger charge is 2.15. The number of benzene rings is 2. The van der Waals surface area contributed by atoms with Gasteiger partial charge in [0.1, 0.15) is 0 Å². The third-order valence-electron chi connectivity index (χ3n) is 5.02. The fourth-order valence-electron chi connectivity index (χ4n) is 3.46. The Hall–Kier alpha value is -3.73. The molecule has 150 valence electrons. The number of anilines is 2. The van der Waals surface area contributed by atoms with Crippen LogP contribution < -0.4 is 10.2 Å². The van der Waals surface area contributed by atoms with Crippen LogP contribution in [0.15, 0.2) is 85.3 Å². The van der Waals surface area contributed by atoms with Gasteiger partial charge in [-0.1, -0.05) is 48.5 Å². The summed E-state index contributed by atoms with van der Waals surface area (Å²) in [7, 11) is 0. The third-order valence-corrected chi connectivity index (χ3v) is 5.02. The Morgan fingerprint density at radius 2 is 1.80 bits per heavy atom. The number of pyridine rings is 2. The number of aromatic nitrogens is 2. The van der Waals surface area contributed by atoms with E-state index >= 15 is 0 Å². The van der Waals surface area contributed by atoms with Crippen molar-refractivity contribution < 1.29 is 4.79 Å². The Kier molecular flexibility index (Phi) is 5.70. The van der Waals surface area contributed by atoms with Crippen molar-refractivity contribution in [2.24, 2.45) is 0 Å². The lowest BCUT2D eigenvalue weighted by molar-refractivity contribution is 0.102. The van der Waals surface area contributed by atoms with Gasteiger partial charge in [-0.3, -0.25) is 14.8 Å². The Morgan fingerprint density at radius 3 is 2.60 bits per heavy atom.